The lowest BCUT2D eigenvalue weighted by Gasteiger charge is -2.24. The molecule has 0 aliphatic heterocycles. The molecule has 1 heterocycles. The summed E-state index contributed by atoms with van der Waals surface area (Å²) in [5.74, 6) is 6.85. The summed E-state index contributed by atoms with van der Waals surface area (Å²) in [5, 5.41) is 2.01. The summed E-state index contributed by atoms with van der Waals surface area (Å²) < 4.78 is 0. The molecule has 0 bridgehead atoms. The third kappa shape index (κ3) is 3.57. The molecule has 21 heavy (non-hydrogen) atoms. The molecule has 2 aromatic rings. The number of fused-ring (bicyclic) bond motifs is 1. The van der Waals surface area contributed by atoms with Gasteiger partial charge in [0.1, 0.15) is 0 Å². The summed E-state index contributed by atoms with van der Waals surface area (Å²) in [6.45, 7) is 0. The number of thioether (sulfide) groups is 1. The summed E-state index contributed by atoms with van der Waals surface area (Å²) in [5.41, 5.74) is 5.30. The quantitative estimate of drug-likeness (QED) is 0.651. The molecule has 1 aliphatic rings. The van der Waals surface area contributed by atoms with E-state index < -0.39 is 0 Å². The summed E-state index contributed by atoms with van der Waals surface area (Å²) in [6, 6.07) is 10.6. The molecule has 3 nitrogen and oxygen atoms in total. The molecule has 1 saturated carbocycles. The van der Waals surface area contributed by atoms with Crippen molar-refractivity contribution in [2.75, 3.05) is 5.75 Å². The van der Waals surface area contributed by atoms with Crippen molar-refractivity contribution in [3.63, 3.8) is 0 Å². The predicted octanol–water partition coefficient (Wildman–Crippen LogP) is 3.81. The van der Waals surface area contributed by atoms with Gasteiger partial charge in [-0.25, -0.2) is 0 Å². The molecule has 0 saturated heterocycles. The van der Waals surface area contributed by atoms with E-state index in [9.17, 15) is 0 Å². The molecule has 1 aromatic carbocycles. The Balaban J connectivity index is 1.75. The van der Waals surface area contributed by atoms with E-state index in [1.165, 1.54) is 43.1 Å². The first kappa shape index (κ1) is 14.8. The van der Waals surface area contributed by atoms with Crippen molar-refractivity contribution < 1.29 is 0 Å². The second-order valence-electron chi connectivity index (χ2n) is 5.73. The highest BCUT2D eigenvalue weighted by Crippen LogP contribution is 2.32. The van der Waals surface area contributed by atoms with Gasteiger partial charge in [-0.3, -0.25) is 16.3 Å². The largest absolute Gasteiger partial charge is 0.271 e. The van der Waals surface area contributed by atoms with Crippen LogP contribution in [0.5, 0.6) is 0 Å². The van der Waals surface area contributed by atoms with Crippen LogP contribution < -0.4 is 11.3 Å². The van der Waals surface area contributed by atoms with E-state index in [0.29, 0.717) is 0 Å². The second kappa shape index (κ2) is 7.25. The van der Waals surface area contributed by atoms with Gasteiger partial charge in [0.05, 0.1) is 11.6 Å². The number of rotatable bonds is 5. The number of nitrogens with zero attached hydrogens (tertiary/aromatic N) is 1. The van der Waals surface area contributed by atoms with Crippen molar-refractivity contribution in [3.8, 4) is 0 Å². The third-order valence-electron chi connectivity index (χ3n) is 4.31. The van der Waals surface area contributed by atoms with Crippen LogP contribution in [-0.4, -0.2) is 16.0 Å². The van der Waals surface area contributed by atoms with Gasteiger partial charge in [0.25, 0.3) is 0 Å². The lowest BCUT2D eigenvalue weighted by molar-refractivity contribution is 0.514. The number of hydrogen-bond acceptors (Lipinski definition) is 4. The van der Waals surface area contributed by atoms with E-state index in [4.69, 9.17) is 5.84 Å². The Morgan fingerprint density at radius 1 is 1.19 bits per heavy atom. The van der Waals surface area contributed by atoms with Crippen LogP contribution in [0.15, 0.2) is 36.5 Å². The first-order valence-corrected chi connectivity index (χ1v) is 8.85. The number of hydrogen-bond donors (Lipinski definition) is 2. The third-order valence-corrected chi connectivity index (χ3v) is 5.78. The number of aromatic nitrogens is 1. The van der Waals surface area contributed by atoms with Crippen LogP contribution in [0, 0.1) is 0 Å². The van der Waals surface area contributed by atoms with Crippen LogP contribution in [0.2, 0.25) is 0 Å². The molecule has 1 atom stereocenters. The summed E-state index contributed by atoms with van der Waals surface area (Å²) in [6.07, 6.45) is 8.74. The number of pyridine rings is 1. The van der Waals surface area contributed by atoms with E-state index >= 15 is 0 Å². The Morgan fingerprint density at radius 3 is 2.86 bits per heavy atom. The molecule has 3 N–H and O–H groups in total. The van der Waals surface area contributed by atoms with Crippen LogP contribution in [0.3, 0.4) is 0 Å². The molecule has 0 radical (unpaired) electrons. The molecule has 0 amide bonds. The maximum absolute atomic E-state index is 5.83. The van der Waals surface area contributed by atoms with Crippen molar-refractivity contribution in [2.24, 2.45) is 5.84 Å². The summed E-state index contributed by atoms with van der Waals surface area (Å²) >= 11 is 2.07. The van der Waals surface area contributed by atoms with Crippen molar-refractivity contribution in [1.82, 2.24) is 10.4 Å². The minimum Gasteiger partial charge on any atom is -0.271 e. The van der Waals surface area contributed by atoms with Gasteiger partial charge in [-0.05, 0) is 30.5 Å². The van der Waals surface area contributed by atoms with Crippen LogP contribution in [0.4, 0.5) is 0 Å². The Bertz CT molecular complexity index is 576. The highest BCUT2D eigenvalue weighted by Gasteiger charge is 2.18. The Kier molecular flexibility index (Phi) is 5.12. The van der Waals surface area contributed by atoms with Gasteiger partial charge >= 0.3 is 0 Å². The SMILES string of the molecule is NNC(CSC1CCCCC1)c1cccc2ncccc12. The minimum absolute atomic E-state index is 0.185. The molecular formula is C17H23N3S. The van der Waals surface area contributed by atoms with Crippen molar-refractivity contribution in [1.29, 1.82) is 0 Å². The van der Waals surface area contributed by atoms with Crippen molar-refractivity contribution >= 4 is 22.7 Å². The second-order valence-corrected chi connectivity index (χ2v) is 7.06. The smallest absolute Gasteiger partial charge is 0.0705 e. The Morgan fingerprint density at radius 2 is 2.05 bits per heavy atom. The van der Waals surface area contributed by atoms with Gasteiger partial charge in [0, 0.05) is 22.6 Å². The standard InChI is InChI=1S/C17H23N3S/c18-20-17(12-21-13-6-2-1-3-7-13)15-8-4-10-16-14(15)9-5-11-19-16/h4-5,8-11,13,17,20H,1-3,6-7,12,18H2. The number of hydrazine groups is 1. The van der Waals surface area contributed by atoms with E-state index in [1.807, 2.05) is 12.3 Å². The highest BCUT2D eigenvalue weighted by molar-refractivity contribution is 7.99. The summed E-state index contributed by atoms with van der Waals surface area (Å²) in [7, 11) is 0. The molecule has 1 unspecified atom stereocenters. The van der Waals surface area contributed by atoms with Crippen LogP contribution in [0.1, 0.15) is 43.7 Å². The molecule has 112 valence electrons. The number of nitrogens with two attached hydrogens (primary N) is 1. The Hall–Kier alpha value is -1.10. The topological polar surface area (TPSA) is 50.9 Å². The van der Waals surface area contributed by atoms with E-state index in [2.05, 4.69) is 46.4 Å². The van der Waals surface area contributed by atoms with E-state index in [0.717, 1.165) is 16.5 Å². The molecule has 3 rings (SSSR count). The van der Waals surface area contributed by atoms with Gasteiger partial charge < -0.3 is 0 Å². The lowest BCUT2D eigenvalue weighted by atomic mass is 10.0. The van der Waals surface area contributed by atoms with Gasteiger partial charge in [-0.1, -0.05) is 37.5 Å². The zero-order valence-corrected chi connectivity index (χ0v) is 13.1. The number of benzene rings is 1. The minimum atomic E-state index is 0.185. The van der Waals surface area contributed by atoms with E-state index in [1.54, 1.807) is 0 Å². The molecular weight excluding hydrogens is 278 g/mol. The number of nitrogens with one attached hydrogen (secondary N) is 1. The first-order valence-electron chi connectivity index (χ1n) is 7.80. The van der Waals surface area contributed by atoms with Gasteiger partial charge in [0.2, 0.25) is 0 Å². The maximum atomic E-state index is 5.83. The van der Waals surface area contributed by atoms with Gasteiger partial charge in [-0.15, -0.1) is 0 Å². The van der Waals surface area contributed by atoms with Gasteiger partial charge in [-0.2, -0.15) is 11.8 Å². The highest BCUT2D eigenvalue weighted by atomic mass is 32.2. The molecule has 0 spiro atoms. The fraction of sp³-hybridized carbons (Fsp3) is 0.471. The summed E-state index contributed by atoms with van der Waals surface area (Å²) in [4.78, 5) is 4.43. The van der Waals surface area contributed by atoms with Crippen LogP contribution in [0.25, 0.3) is 10.9 Å². The first-order chi connectivity index (χ1) is 10.4. The van der Waals surface area contributed by atoms with Crippen LogP contribution >= 0.6 is 11.8 Å². The van der Waals surface area contributed by atoms with Crippen molar-refractivity contribution in [2.45, 2.75) is 43.4 Å². The fourth-order valence-corrected chi connectivity index (χ4v) is 4.53. The molecule has 4 heteroatoms. The molecule has 1 aliphatic carbocycles. The van der Waals surface area contributed by atoms with Gasteiger partial charge in [0.15, 0.2) is 0 Å². The Labute approximate surface area is 130 Å². The van der Waals surface area contributed by atoms with Crippen molar-refractivity contribution in [3.05, 3.63) is 42.1 Å². The maximum Gasteiger partial charge on any atom is 0.0705 e. The van der Waals surface area contributed by atoms with E-state index in [-0.39, 0.29) is 6.04 Å². The average Bonchev–Trinajstić information content (AvgIpc) is 2.56. The fourth-order valence-electron chi connectivity index (χ4n) is 3.12. The zero-order chi connectivity index (χ0) is 14.5. The zero-order valence-electron chi connectivity index (χ0n) is 12.3. The molecule has 1 fully saturated rings. The lowest BCUT2D eigenvalue weighted by Crippen LogP contribution is -2.30. The van der Waals surface area contributed by atoms with Crippen LogP contribution in [-0.2, 0) is 0 Å². The monoisotopic (exact) mass is 301 g/mol. The predicted molar refractivity (Wildman–Crippen MR) is 91.1 cm³/mol. The average molecular weight is 301 g/mol. The molecule has 1 aromatic heterocycles. The normalized spacial score (nSPS) is 18.0.